The van der Waals surface area contributed by atoms with Crippen molar-refractivity contribution in [3.63, 3.8) is 0 Å². The van der Waals surface area contributed by atoms with Crippen molar-refractivity contribution >= 4 is 30.2 Å². The fourth-order valence-corrected chi connectivity index (χ4v) is 6.62. The van der Waals surface area contributed by atoms with Gasteiger partial charge in [0.05, 0.1) is 13.2 Å². The molecule has 0 saturated heterocycles. The van der Waals surface area contributed by atoms with E-state index < -0.39 is 49.0 Å². The number of carboxylic acid groups (broad SMARTS) is 1. The number of aliphatic carboxylic acids is 1. The zero-order valence-corrected chi connectivity index (χ0v) is 31.8. The molecule has 1 aliphatic rings. The average Bonchev–Trinajstić information content (AvgIpc) is 3.47. The average molecular weight is 737 g/mol. The van der Waals surface area contributed by atoms with Gasteiger partial charge in [0.1, 0.15) is 12.6 Å². The molecule has 0 spiro atoms. The van der Waals surface area contributed by atoms with Crippen molar-refractivity contribution in [1.29, 1.82) is 0 Å². The maximum absolute atomic E-state index is 13.3. The summed E-state index contributed by atoms with van der Waals surface area (Å²) in [5.74, 6) is -2.60. The molecule has 0 fully saturated rings. The Labute approximate surface area is 315 Å². The third-order valence-electron chi connectivity index (χ3n) is 9.64. The number of nitrogens with zero attached hydrogens (tertiary/aromatic N) is 1. The number of carbonyl (C=O) groups excluding carboxylic acids is 4. The zero-order chi connectivity index (χ0) is 38.3. The lowest BCUT2D eigenvalue weighted by atomic mass is 9.98. The van der Waals surface area contributed by atoms with Crippen LogP contribution in [0.2, 0.25) is 0 Å². The molecule has 1 atom stereocenters. The van der Waals surface area contributed by atoms with Crippen LogP contribution < -0.4 is 5.32 Å². The summed E-state index contributed by atoms with van der Waals surface area (Å²) >= 11 is 0. The number of alkyl carbamates (subject to hydrolysis) is 1. The second kappa shape index (κ2) is 24.8. The number of unbranched alkanes of at least 4 members (excludes halogenated alkanes) is 14. The molecule has 1 unspecified atom stereocenters. The monoisotopic (exact) mass is 736 g/mol. The van der Waals surface area contributed by atoms with Gasteiger partial charge in [-0.15, -0.1) is 4.90 Å². The maximum atomic E-state index is 13.3. The molecular formula is C42H60N2O9. The van der Waals surface area contributed by atoms with Crippen molar-refractivity contribution in [3.05, 3.63) is 59.7 Å². The zero-order valence-electron chi connectivity index (χ0n) is 31.8. The summed E-state index contributed by atoms with van der Waals surface area (Å²) in [6, 6.07) is 14.2. The van der Waals surface area contributed by atoms with Crippen LogP contribution in [0.4, 0.5) is 14.4 Å². The van der Waals surface area contributed by atoms with Gasteiger partial charge in [0, 0.05) is 12.3 Å². The molecule has 53 heavy (non-hydrogen) atoms. The number of rotatable bonds is 25. The summed E-state index contributed by atoms with van der Waals surface area (Å²) < 4.78 is 16.1. The maximum Gasteiger partial charge on any atom is 0.426 e. The Bertz CT molecular complexity index is 1370. The van der Waals surface area contributed by atoms with Gasteiger partial charge in [-0.1, -0.05) is 152 Å². The number of imide groups is 3. The predicted molar refractivity (Wildman–Crippen MR) is 204 cm³/mol. The normalized spacial score (nSPS) is 12.3. The number of carboxylic acids is 1. The Morgan fingerprint density at radius 1 is 0.642 bits per heavy atom. The van der Waals surface area contributed by atoms with Crippen molar-refractivity contribution in [1.82, 2.24) is 10.2 Å². The lowest BCUT2D eigenvalue weighted by molar-refractivity contribution is -0.139. The summed E-state index contributed by atoms with van der Waals surface area (Å²) in [5, 5.41) is 12.2. The molecular weight excluding hydrogens is 676 g/mol. The summed E-state index contributed by atoms with van der Waals surface area (Å²) in [5.41, 5.74) is 4.11. The first kappa shape index (κ1) is 43.0. The Kier molecular flexibility index (Phi) is 20.1. The largest absolute Gasteiger partial charge is 0.480 e. The molecule has 0 aromatic heterocycles. The quantitative estimate of drug-likeness (QED) is 0.0750. The van der Waals surface area contributed by atoms with Gasteiger partial charge >= 0.3 is 24.2 Å². The van der Waals surface area contributed by atoms with Crippen LogP contribution in [0.1, 0.15) is 146 Å². The number of hydrogen-bond acceptors (Lipinski definition) is 8. The standard InChI is InChI=1S/C42H60N2O9/c1-3-5-7-9-11-13-15-21-29-51-41(49)44(42(50)52-30-22-16-14-12-10-8-6-4-2)38(45)28-27-37(39(46)47)43-40(48)53-31-36-34-25-19-17-23-32(34)33-24-18-20-26-35(33)36/h17-20,23-26,36-37H,3-16,21-22,27-31H2,1-2H3,(H,43,48)(H,46,47). The minimum absolute atomic E-state index is 0.0195. The number of hydrogen-bond donors (Lipinski definition) is 2. The molecule has 0 aliphatic heterocycles. The first-order valence-electron chi connectivity index (χ1n) is 19.8. The van der Waals surface area contributed by atoms with Crippen molar-refractivity contribution < 1.29 is 43.3 Å². The molecule has 2 N–H and O–H groups in total. The third kappa shape index (κ3) is 14.9. The van der Waals surface area contributed by atoms with Gasteiger partial charge in [-0.25, -0.2) is 19.2 Å². The van der Waals surface area contributed by atoms with Crippen LogP contribution in [-0.4, -0.2) is 66.0 Å². The number of carbonyl (C=O) groups is 5. The molecule has 4 amide bonds. The van der Waals surface area contributed by atoms with E-state index in [1.165, 1.54) is 38.5 Å². The number of nitrogens with one attached hydrogen (secondary N) is 1. The number of fused-ring (bicyclic) bond motifs is 3. The van der Waals surface area contributed by atoms with E-state index in [9.17, 15) is 29.1 Å². The van der Waals surface area contributed by atoms with Crippen molar-refractivity contribution in [2.24, 2.45) is 0 Å². The molecule has 1 aliphatic carbocycles. The van der Waals surface area contributed by atoms with E-state index in [-0.39, 0.29) is 25.7 Å². The molecule has 11 nitrogen and oxygen atoms in total. The van der Waals surface area contributed by atoms with Crippen LogP contribution in [0, 0.1) is 0 Å². The lowest BCUT2D eigenvalue weighted by Crippen LogP contribution is -2.45. The molecule has 2 aromatic rings. The highest BCUT2D eigenvalue weighted by atomic mass is 16.6. The van der Waals surface area contributed by atoms with E-state index in [2.05, 4.69) is 19.2 Å². The van der Waals surface area contributed by atoms with Crippen molar-refractivity contribution in [2.45, 2.75) is 141 Å². The highest BCUT2D eigenvalue weighted by Gasteiger charge is 2.34. The van der Waals surface area contributed by atoms with Gasteiger partial charge in [0.25, 0.3) is 0 Å². The van der Waals surface area contributed by atoms with Gasteiger partial charge in [-0.2, -0.15) is 0 Å². The fraction of sp³-hybridized carbons (Fsp3) is 0.595. The highest BCUT2D eigenvalue weighted by molar-refractivity contribution is 6.06. The van der Waals surface area contributed by atoms with E-state index in [4.69, 9.17) is 14.2 Å². The molecule has 0 radical (unpaired) electrons. The number of ether oxygens (including phenoxy) is 3. The number of amides is 4. The second-order valence-corrected chi connectivity index (χ2v) is 13.8. The van der Waals surface area contributed by atoms with E-state index >= 15 is 0 Å². The smallest absolute Gasteiger partial charge is 0.426 e. The molecule has 0 saturated carbocycles. The molecule has 292 valence electrons. The van der Waals surface area contributed by atoms with Crippen molar-refractivity contribution in [2.75, 3.05) is 19.8 Å². The van der Waals surface area contributed by atoms with Crippen LogP contribution in [-0.2, 0) is 23.8 Å². The van der Waals surface area contributed by atoms with Crippen LogP contribution in [0.3, 0.4) is 0 Å². The van der Waals surface area contributed by atoms with Crippen LogP contribution in [0.25, 0.3) is 11.1 Å². The molecule has 2 aromatic carbocycles. The number of benzene rings is 2. The van der Waals surface area contributed by atoms with Gasteiger partial charge in [-0.05, 0) is 41.5 Å². The Hall–Kier alpha value is -4.41. The van der Waals surface area contributed by atoms with Crippen molar-refractivity contribution in [3.8, 4) is 11.1 Å². The van der Waals surface area contributed by atoms with Gasteiger partial charge in [0.15, 0.2) is 0 Å². The summed E-state index contributed by atoms with van der Waals surface area (Å²) in [4.78, 5) is 64.5. The van der Waals surface area contributed by atoms with E-state index in [1.54, 1.807) is 0 Å². The summed E-state index contributed by atoms with van der Waals surface area (Å²) in [6.07, 6.45) is 12.4. The summed E-state index contributed by atoms with van der Waals surface area (Å²) in [6.45, 7) is 4.38. The minimum Gasteiger partial charge on any atom is -0.480 e. The van der Waals surface area contributed by atoms with E-state index in [1.807, 2.05) is 48.5 Å². The third-order valence-corrected chi connectivity index (χ3v) is 9.64. The van der Waals surface area contributed by atoms with Gasteiger partial charge in [0.2, 0.25) is 5.91 Å². The van der Waals surface area contributed by atoms with Crippen LogP contribution in [0.15, 0.2) is 48.5 Å². The fourth-order valence-electron chi connectivity index (χ4n) is 6.62. The lowest BCUT2D eigenvalue weighted by Gasteiger charge is -2.20. The Morgan fingerprint density at radius 3 is 1.53 bits per heavy atom. The SMILES string of the molecule is CCCCCCCCCCOC(=O)N(C(=O)CCC(NC(=O)OCC1c2ccccc2-c2ccccc21)C(=O)O)C(=O)OCCCCCCCCCC. The Morgan fingerprint density at radius 2 is 1.08 bits per heavy atom. The van der Waals surface area contributed by atoms with Crippen LogP contribution in [0.5, 0.6) is 0 Å². The first-order valence-corrected chi connectivity index (χ1v) is 19.8. The van der Waals surface area contributed by atoms with Gasteiger partial charge in [-0.3, -0.25) is 4.79 Å². The molecule has 11 heteroatoms. The highest BCUT2D eigenvalue weighted by Crippen LogP contribution is 2.44. The topological polar surface area (TPSA) is 149 Å². The molecule has 3 rings (SSSR count). The first-order chi connectivity index (χ1) is 25.8. The minimum atomic E-state index is -1.52. The van der Waals surface area contributed by atoms with E-state index in [0.29, 0.717) is 17.7 Å². The van der Waals surface area contributed by atoms with Gasteiger partial charge < -0.3 is 24.6 Å². The predicted octanol–water partition coefficient (Wildman–Crippen LogP) is 10.1. The summed E-state index contributed by atoms with van der Waals surface area (Å²) in [7, 11) is 0. The Balaban J connectivity index is 1.52. The van der Waals surface area contributed by atoms with Crippen LogP contribution >= 0.6 is 0 Å². The second-order valence-electron chi connectivity index (χ2n) is 13.8. The molecule has 0 bridgehead atoms. The van der Waals surface area contributed by atoms with E-state index in [0.717, 1.165) is 73.6 Å². The molecule has 0 heterocycles.